The van der Waals surface area contributed by atoms with Gasteiger partial charge in [-0.3, -0.25) is 4.31 Å². The quantitative estimate of drug-likeness (QED) is 0.855. The predicted octanol–water partition coefficient (Wildman–Crippen LogP) is 1.52. The molecule has 19 heavy (non-hydrogen) atoms. The SMILES string of the molecule is Cc1cc2c(cc1N)N(S(=O)(=O)N(C)C(C)C)CC2. The molecule has 0 radical (unpaired) electrons. The van der Waals surface area contributed by atoms with Crippen molar-refractivity contribution < 1.29 is 8.42 Å². The van der Waals surface area contributed by atoms with Crippen LogP contribution in [0, 0.1) is 6.92 Å². The fraction of sp³-hybridized carbons (Fsp3) is 0.538. The fourth-order valence-electron chi connectivity index (χ4n) is 2.21. The Kier molecular flexibility index (Phi) is 3.49. The zero-order valence-corrected chi connectivity index (χ0v) is 12.7. The van der Waals surface area contributed by atoms with Crippen LogP contribution in [0.1, 0.15) is 25.0 Å². The normalized spacial score (nSPS) is 15.4. The summed E-state index contributed by atoms with van der Waals surface area (Å²) < 4.78 is 27.9. The third kappa shape index (κ3) is 2.30. The average molecular weight is 283 g/mol. The molecular formula is C13H21N3O2S. The minimum absolute atomic E-state index is 0.0724. The van der Waals surface area contributed by atoms with E-state index < -0.39 is 10.2 Å². The lowest BCUT2D eigenvalue weighted by Crippen LogP contribution is -2.44. The van der Waals surface area contributed by atoms with E-state index in [2.05, 4.69) is 0 Å². The molecule has 5 nitrogen and oxygen atoms in total. The monoisotopic (exact) mass is 283 g/mol. The average Bonchev–Trinajstić information content (AvgIpc) is 2.72. The van der Waals surface area contributed by atoms with E-state index in [4.69, 9.17) is 5.73 Å². The van der Waals surface area contributed by atoms with Crippen LogP contribution in [0.2, 0.25) is 0 Å². The van der Waals surface area contributed by atoms with Gasteiger partial charge in [-0.05, 0) is 44.4 Å². The van der Waals surface area contributed by atoms with Gasteiger partial charge >= 0.3 is 10.2 Å². The van der Waals surface area contributed by atoms with Crippen molar-refractivity contribution in [1.29, 1.82) is 0 Å². The van der Waals surface area contributed by atoms with Crippen LogP contribution >= 0.6 is 0 Å². The number of aryl methyl sites for hydroxylation is 1. The fourth-order valence-corrected chi connectivity index (χ4v) is 3.79. The molecule has 0 amide bonds. The number of nitrogens with two attached hydrogens (primary N) is 1. The van der Waals surface area contributed by atoms with Crippen molar-refractivity contribution in [1.82, 2.24) is 4.31 Å². The molecule has 106 valence electrons. The number of benzene rings is 1. The number of nitrogens with zero attached hydrogens (tertiary/aromatic N) is 2. The largest absolute Gasteiger partial charge is 0.398 e. The molecule has 1 aliphatic rings. The van der Waals surface area contributed by atoms with Gasteiger partial charge in [0.15, 0.2) is 0 Å². The molecule has 0 fully saturated rings. The zero-order valence-electron chi connectivity index (χ0n) is 11.8. The van der Waals surface area contributed by atoms with E-state index >= 15 is 0 Å². The van der Waals surface area contributed by atoms with Gasteiger partial charge < -0.3 is 5.73 Å². The minimum Gasteiger partial charge on any atom is -0.398 e. The molecule has 1 heterocycles. The molecule has 0 saturated heterocycles. The van der Waals surface area contributed by atoms with Gasteiger partial charge in [-0.15, -0.1) is 0 Å². The summed E-state index contributed by atoms with van der Waals surface area (Å²) in [7, 11) is -1.86. The Hall–Kier alpha value is -1.27. The Bertz CT molecular complexity index is 596. The van der Waals surface area contributed by atoms with Gasteiger partial charge in [-0.25, -0.2) is 0 Å². The van der Waals surface area contributed by atoms with Gasteiger partial charge in [0, 0.05) is 25.3 Å². The van der Waals surface area contributed by atoms with Gasteiger partial charge in [0.1, 0.15) is 0 Å². The lowest BCUT2D eigenvalue weighted by atomic mass is 10.1. The highest BCUT2D eigenvalue weighted by Crippen LogP contribution is 2.34. The Morgan fingerprint density at radius 3 is 2.58 bits per heavy atom. The minimum atomic E-state index is -3.47. The molecular weight excluding hydrogens is 262 g/mol. The van der Waals surface area contributed by atoms with Crippen LogP contribution in [0.5, 0.6) is 0 Å². The maximum atomic E-state index is 12.5. The Morgan fingerprint density at radius 1 is 1.37 bits per heavy atom. The summed E-state index contributed by atoms with van der Waals surface area (Å²) in [6, 6.07) is 3.68. The van der Waals surface area contributed by atoms with Crippen LogP contribution in [0.15, 0.2) is 12.1 Å². The van der Waals surface area contributed by atoms with E-state index in [0.717, 1.165) is 23.2 Å². The predicted molar refractivity (Wildman–Crippen MR) is 78.5 cm³/mol. The van der Waals surface area contributed by atoms with Gasteiger partial charge in [-0.2, -0.15) is 12.7 Å². The van der Waals surface area contributed by atoms with Crippen LogP contribution in [-0.4, -0.2) is 32.4 Å². The standard InChI is InChI=1S/C13H21N3O2S/c1-9(2)15(4)19(17,18)16-6-5-11-7-10(3)12(14)8-13(11)16/h7-9H,5-6,14H2,1-4H3. The molecule has 0 saturated carbocycles. The Balaban J connectivity index is 2.45. The third-order valence-corrected chi connectivity index (χ3v) is 5.78. The first-order valence-corrected chi connectivity index (χ1v) is 7.79. The first kappa shape index (κ1) is 14.1. The second-order valence-corrected chi connectivity index (χ2v) is 7.19. The third-order valence-electron chi connectivity index (χ3n) is 3.69. The number of rotatable bonds is 3. The maximum Gasteiger partial charge on any atom is 0.304 e. The highest BCUT2D eigenvalue weighted by Gasteiger charge is 2.33. The van der Waals surface area contributed by atoms with Crippen molar-refractivity contribution in [2.75, 3.05) is 23.6 Å². The first-order valence-electron chi connectivity index (χ1n) is 6.40. The molecule has 0 unspecified atom stereocenters. The smallest absolute Gasteiger partial charge is 0.304 e. The molecule has 1 aliphatic heterocycles. The van der Waals surface area contributed by atoms with Crippen LogP contribution in [0.3, 0.4) is 0 Å². The molecule has 0 aliphatic carbocycles. The van der Waals surface area contributed by atoms with Crippen molar-refractivity contribution in [3.05, 3.63) is 23.3 Å². The van der Waals surface area contributed by atoms with Gasteiger partial charge in [0.25, 0.3) is 0 Å². The van der Waals surface area contributed by atoms with E-state index in [1.54, 1.807) is 13.1 Å². The number of hydrogen-bond acceptors (Lipinski definition) is 3. The van der Waals surface area contributed by atoms with Crippen LogP contribution in [-0.2, 0) is 16.6 Å². The summed E-state index contributed by atoms with van der Waals surface area (Å²) in [5.41, 5.74) is 9.29. The van der Waals surface area contributed by atoms with E-state index in [-0.39, 0.29) is 6.04 Å². The highest BCUT2D eigenvalue weighted by molar-refractivity contribution is 7.90. The molecule has 1 aromatic carbocycles. The van der Waals surface area contributed by atoms with Crippen molar-refractivity contribution in [2.24, 2.45) is 0 Å². The van der Waals surface area contributed by atoms with E-state index in [0.29, 0.717) is 12.2 Å². The van der Waals surface area contributed by atoms with Gasteiger partial charge in [0.05, 0.1) is 5.69 Å². The van der Waals surface area contributed by atoms with Gasteiger partial charge in [-0.1, -0.05) is 6.07 Å². The van der Waals surface area contributed by atoms with Crippen molar-refractivity contribution in [2.45, 2.75) is 33.2 Å². The zero-order chi connectivity index (χ0) is 14.4. The van der Waals surface area contributed by atoms with Gasteiger partial charge in [0.2, 0.25) is 0 Å². The molecule has 6 heteroatoms. The number of nitrogen functional groups attached to an aromatic ring is 1. The molecule has 1 aromatic rings. The topological polar surface area (TPSA) is 66.6 Å². The highest BCUT2D eigenvalue weighted by atomic mass is 32.2. The van der Waals surface area contributed by atoms with Crippen LogP contribution in [0.25, 0.3) is 0 Å². The molecule has 0 bridgehead atoms. The Labute approximate surface area is 115 Å². The Morgan fingerprint density at radius 2 is 2.00 bits per heavy atom. The summed E-state index contributed by atoms with van der Waals surface area (Å²) in [6.07, 6.45) is 0.738. The molecule has 0 aromatic heterocycles. The summed E-state index contributed by atoms with van der Waals surface area (Å²) in [5, 5.41) is 0. The number of anilines is 2. The summed E-state index contributed by atoms with van der Waals surface area (Å²) in [6.45, 7) is 6.14. The van der Waals surface area contributed by atoms with Crippen molar-refractivity contribution in [3.8, 4) is 0 Å². The summed E-state index contributed by atoms with van der Waals surface area (Å²) in [5.74, 6) is 0. The van der Waals surface area contributed by atoms with E-state index in [1.807, 2.05) is 26.8 Å². The molecule has 2 rings (SSSR count). The number of fused-ring (bicyclic) bond motifs is 1. The number of hydrogen-bond donors (Lipinski definition) is 1. The molecule has 2 N–H and O–H groups in total. The second kappa shape index (κ2) is 4.68. The second-order valence-electron chi connectivity index (χ2n) is 5.28. The van der Waals surface area contributed by atoms with Crippen LogP contribution in [0.4, 0.5) is 11.4 Å². The summed E-state index contributed by atoms with van der Waals surface area (Å²) in [4.78, 5) is 0. The molecule has 0 spiro atoms. The maximum absolute atomic E-state index is 12.5. The van der Waals surface area contributed by atoms with Crippen LogP contribution < -0.4 is 10.0 Å². The van der Waals surface area contributed by atoms with E-state index in [1.165, 1.54) is 8.61 Å². The van der Waals surface area contributed by atoms with Crippen molar-refractivity contribution >= 4 is 21.6 Å². The first-order chi connectivity index (χ1) is 8.75. The summed E-state index contributed by atoms with van der Waals surface area (Å²) >= 11 is 0. The van der Waals surface area contributed by atoms with E-state index in [9.17, 15) is 8.42 Å². The lowest BCUT2D eigenvalue weighted by molar-refractivity contribution is 0.408. The molecule has 0 atom stereocenters. The lowest BCUT2D eigenvalue weighted by Gasteiger charge is -2.28. The van der Waals surface area contributed by atoms with Crippen molar-refractivity contribution in [3.63, 3.8) is 0 Å².